The van der Waals surface area contributed by atoms with Crippen LogP contribution in [0.5, 0.6) is 0 Å². The Bertz CT molecular complexity index is 540. The third-order valence-electron chi connectivity index (χ3n) is 2.34. The molecule has 0 aliphatic carbocycles. The van der Waals surface area contributed by atoms with Gasteiger partial charge in [0, 0.05) is 17.1 Å². The highest BCUT2D eigenvalue weighted by Gasteiger charge is 2.05. The first-order valence-corrected chi connectivity index (χ1v) is 6.03. The molecule has 1 N–H and O–H groups in total. The number of hydrogen-bond acceptors (Lipinski definition) is 4. The van der Waals surface area contributed by atoms with Crippen LogP contribution >= 0.6 is 15.9 Å². The number of nitrogens with zero attached hydrogens (tertiary/aromatic N) is 2. The minimum Gasteiger partial charge on any atom is -0.378 e. The molecular weight excluding hydrogens is 298 g/mol. The molecule has 6 heteroatoms. The second-order valence-corrected chi connectivity index (χ2v) is 4.56. The molecule has 0 unspecified atom stereocenters. The van der Waals surface area contributed by atoms with Crippen molar-refractivity contribution >= 4 is 27.4 Å². The molecule has 0 bridgehead atoms. The van der Waals surface area contributed by atoms with Crippen molar-refractivity contribution in [3.63, 3.8) is 0 Å². The topological polar surface area (TPSA) is 68.1 Å². The van der Waals surface area contributed by atoms with Gasteiger partial charge in [-0.25, -0.2) is 0 Å². The van der Waals surface area contributed by atoms with E-state index in [1.807, 2.05) is 24.3 Å². The lowest BCUT2D eigenvalue weighted by molar-refractivity contribution is -0.389. The van der Waals surface area contributed by atoms with Gasteiger partial charge in [-0.2, -0.15) is 0 Å². The number of halogens is 1. The van der Waals surface area contributed by atoms with Gasteiger partial charge in [-0.3, -0.25) is 0 Å². The molecule has 0 saturated carbocycles. The molecule has 0 spiro atoms. The Morgan fingerprint density at radius 3 is 2.50 bits per heavy atom. The predicted molar refractivity (Wildman–Crippen MR) is 72.4 cm³/mol. The molecule has 1 aromatic carbocycles. The summed E-state index contributed by atoms with van der Waals surface area (Å²) in [6.07, 6.45) is 1.46. The molecule has 0 aliphatic heterocycles. The average molecular weight is 308 g/mol. The van der Waals surface area contributed by atoms with Crippen LogP contribution in [0, 0.1) is 10.1 Å². The van der Waals surface area contributed by atoms with Crippen LogP contribution in [-0.2, 0) is 6.54 Å². The van der Waals surface area contributed by atoms with E-state index in [-0.39, 0.29) is 5.82 Å². The normalized spacial score (nSPS) is 10.1. The first-order valence-electron chi connectivity index (χ1n) is 5.24. The van der Waals surface area contributed by atoms with Crippen molar-refractivity contribution in [1.29, 1.82) is 0 Å². The van der Waals surface area contributed by atoms with Crippen LogP contribution in [0.3, 0.4) is 0 Å². The lowest BCUT2D eigenvalue weighted by Crippen LogP contribution is -2.00. The van der Waals surface area contributed by atoms with E-state index < -0.39 is 4.92 Å². The van der Waals surface area contributed by atoms with Crippen molar-refractivity contribution in [3.05, 3.63) is 62.7 Å². The molecule has 0 amide bonds. The zero-order valence-electron chi connectivity index (χ0n) is 9.34. The Morgan fingerprint density at radius 1 is 1.22 bits per heavy atom. The Balaban J connectivity index is 1.97. The fraction of sp³-hybridized carbons (Fsp3) is 0.0833. The number of nitrogens with one attached hydrogen (secondary N) is 1. The lowest BCUT2D eigenvalue weighted by Gasteiger charge is -2.04. The number of hydrogen-bond donors (Lipinski definition) is 1. The highest BCUT2D eigenvalue weighted by Crippen LogP contribution is 2.14. The minimum absolute atomic E-state index is 0.149. The van der Waals surface area contributed by atoms with E-state index in [0.717, 1.165) is 15.7 Å². The summed E-state index contributed by atoms with van der Waals surface area (Å²) in [4.78, 5) is 13.7. The third-order valence-corrected chi connectivity index (χ3v) is 2.87. The molecule has 18 heavy (non-hydrogen) atoms. The summed E-state index contributed by atoms with van der Waals surface area (Å²) in [6, 6.07) is 10.9. The summed E-state index contributed by atoms with van der Waals surface area (Å²) >= 11 is 3.37. The van der Waals surface area contributed by atoms with Crippen molar-refractivity contribution < 1.29 is 4.92 Å². The highest BCUT2D eigenvalue weighted by molar-refractivity contribution is 9.10. The van der Waals surface area contributed by atoms with E-state index in [9.17, 15) is 10.1 Å². The molecule has 0 radical (unpaired) electrons. The van der Waals surface area contributed by atoms with Gasteiger partial charge < -0.3 is 15.4 Å². The maximum atomic E-state index is 10.4. The highest BCUT2D eigenvalue weighted by atomic mass is 79.9. The molecule has 0 atom stereocenters. The van der Waals surface area contributed by atoms with Crippen LogP contribution in [0.4, 0.5) is 11.5 Å². The van der Waals surface area contributed by atoms with Crippen LogP contribution in [0.15, 0.2) is 47.1 Å². The molecule has 2 aromatic rings. The molecule has 5 nitrogen and oxygen atoms in total. The predicted octanol–water partition coefficient (Wildman–Crippen LogP) is 3.36. The van der Waals surface area contributed by atoms with Gasteiger partial charge in [-0.15, -0.1) is 0 Å². The van der Waals surface area contributed by atoms with Crippen molar-refractivity contribution in [2.75, 3.05) is 5.32 Å². The van der Waals surface area contributed by atoms with Crippen molar-refractivity contribution in [2.45, 2.75) is 6.54 Å². The van der Waals surface area contributed by atoms with E-state index in [1.54, 1.807) is 6.07 Å². The fourth-order valence-corrected chi connectivity index (χ4v) is 1.67. The molecule has 0 fully saturated rings. The number of anilines is 1. The summed E-state index contributed by atoms with van der Waals surface area (Å²) in [7, 11) is 0. The van der Waals surface area contributed by atoms with Gasteiger partial charge >= 0.3 is 5.82 Å². The molecule has 92 valence electrons. The summed E-state index contributed by atoms with van der Waals surface area (Å²) in [5.41, 5.74) is 1.88. The van der Waals surface area contributed by atoms with E-state index in [4.69, 9.17) is 0 Å². The maximum absolute atomic E-state index is 10.4. The van der Waals surface area contributed by atoms with Crippen molar-refractivity contribution in [3.8, 4) is 0 Å². The summed E-state index contributed by atoms with van der Waals surface area (Å²) in [5, 5.41) is 13.6. The van der Waals surface area contributed by atoms with Gasteiger partial charge in [0.05, 0.1) is 5.69 Å². The van der Waals surface area contributed by atoms with E-state index >= 15 is 0 Å². The van der Waals surface area contributed by atoms with Crippen LogP contribution in [-0.4, -0.2) is 9.91 Å². The van der Waals surface area contributed by atoms with Gasteiger partial charge in [0.25, 0.3) is 0 Å². The first kappa shape index (κ1) is 12.5. The van der Waals surface area contributed by atoms with E-state index in [0.29, 0.717) is 6.54 Å². The average Bonchev–Trinajstić information content (AvgIpc) is 2.38. The zero-order chi connectivity index (χ0) is 13.0. The summed E-state index contributed by atoms with van der Waals surface area (Å²) in [5.74, 6) is -0.149. The van der Waals surface area contributed by atoms with Gasteiger partial charge in [0.2, 0.25) is 0 Å². The second-order valence-electron chi connectivity index (χ2n) is 3.64. The second kappa shape index (κ2) is 5.59. The van der Waals surface area contributed by atoms with Crippen LogP contribution in [0.1, 0.15) is 5.56 Å². The Labute approximate surface area is 112 Å². The standard InChI is InChI=1S/C12H10BrN3O2/c13-10-3-1-9(2-4-10)7-14-11-5-6-12(15-8-11)16(17)18/h1-6,8,14H,7H2. The monoisotopic (exact) mass is 307 g/mol. The fourth-order valence-electron chi connectivity index (χ4n) is 1.41. The van der Waals surface area contributed by atoms with E-state index in [1.165, 1.54) is 12.3 Å². The Morgan fingerprint density at radius 2 is 1.94 bits per heavy atom. The number of nitro groups is 1. The van der Waals surface area contributed by atoms with Gasteiger partial charge in [0.1, 0.15) is 0 Å². The Hall–Kier alpha value is -1.95. The van der Waals surface area contributed by atoms with Crippen LogP contribution in [0.25, 0.3) is 0 Å². The smallest absolute Gasteiger partial charge is 0.363 e. The molecule has 2 rings (SSSR count). The van der Waals surface area contributed by atoms with Crippen LogP contribution in [0.2, 0.25) is 0 Å². The van der Waals surface area contributed by atoms with Crippen molar-refractivity contribution in [1.82, 2.24) is 4.98 Å². The van der Waals surface area contributed by atoms with Gasteiger partial charge in [-0.1, -0.05) is 28.1 Å². The molecule has 0 saturated heterocycles. The van der Waals surface area contributed by atoms with Gasteiger partial charge in [0.15, 0.2) is 6.20 Å². The number of rotatable bonds is 4. The Kier molecular flexibility index (Phi) is 3.88. The summed E-state index contributed by atoms with van der Waals surface area (Å²) in [6.45, 7) is 0.646. The number of pyridine rings is 1. The number of benzene rings is 1. The largest absolute Gasteiger partial charge is 0.378 e. The minimum atomic E-state index is -0.515. The first-order chi connectivity index (χ1) is 8.65. The quantitative estimate of drug-likeness (QED) is 0.694. The lowest BCUT2D eigenvalue weighted by atomic mass is 10.2. The van der Waals surface area contributed by atoms with E-state index in [2.05, 4.69) is 26.2 Å². The maximum Gasteiger partial charge on any atom is 0.363 e. The summed E-state index contributed by atoms with van der Waals surface area (Å²) < 4.78 is 1.03. The van der Waals surface area contributed by atoms with Crippen LogP contribution < -0.4 is 5.32 Å². The van der Waals surface area contributed by atoms with Crippen molar-refractivity contribution in [2.24, 2.45) is 0 Å². The third kappa shape index (κ3) is 3.27. The molecule has 1 aromatic heterocycles. The molecular formula is C12H10BrN3O2. The SMILES string of the molecule is O=[N+]([O-])c1ccc(NCc2ccc(Br)cc2)cn1. The zero-order valence-corrected chi connectivity index (χ0v) is 10.9. The number of aromatic nitrogens is 1. The molecule has 1 heterocycles. The molecule has 0 aliphatic rings. The van der Waals surface area contributed by atoms with Gasteiger partial charge in [-0.05, 0) is 33.7 Å².